The molecule has 0 radical (unpaired) electrons. The number of pyridine rings is 1. The minimum Gasteiger partial charge on any atom is -0.339 e. The summed E-state index contributed by atoms with van der Waals surface area (Å²) in [6, 6.07) is 17.1. The zero-order chi connectivity index (χ0) is 23.7. The van der Waals surface area contributed by atoms with Crippen LogP contribution in [0.5, 0.6) is 0 Å². The van der Waals surface area contributed by atoms with Crippen molar-refractivity contribution in [2.24, 2.45) is 0 Å². The van der Waals surface area contributed by atoms with Gasteiger partial charge in [0.25, 0.3) is 5.91 Å². The van der Waals surface area contributed by atoms with Gasteiger partial charge in [-0.15, -0.1) is 0 Å². The van der Waals surface area contributed by atoms with Crippen molar-refractivity contribution < 1.29 is 18.0 Å². The number of carbonyl (C=O) groups is 1. The highest BCUT2D eigenvalue weighted by Crippen LogP contribution is 2.26. The molecular formula is C25H16F3N5O. The van der Waals surface area contributed by atoms with Crippen molar-refractivity contribution in [2.45, 2.75) is 0 Å². The van der Waals surface area contributed by atoms with Gasteiger partial charge in [0.15, 0.2) is 0 Å². The lowest BCUT2D eigenvalue weighted by Gasteiger charge is -2.11. The Labute approximate surface area is 191 Å². The Balaban J connectivity index is 1.40. The first kappa shape index (κ1) is 21.2. The molecule has 168 valence electrons. The van der Waals surface area contributed by atoms with Gasteiger partial charge in [0.1, 0.15) is 29.1 Å². The number of aromatic amines is 1. The molecule has 5 aromatic rings. The summed E-state index contributed by atoms with van der Waals surface area (Å²) in [6.07, 6.45) is 1.52. The van der Waals surface area contributed by atoms with Crippen LogP contribution in [0.1, 0.15) is 10.4 Å². The molecule has 34 heavy (non-hydrogen) atoms. The number of nitrogens with one attached hydrogen (secondary N) is 3. The lowest BCUT2D eigenvalue weighted by Crippen LogP contribution is -2.14. The van der Waals surface area contributed by atoms with Crippen molar-refractivity contribution in [2.75, 3.05) is 10.6 Å². The second-order valence-electron chi connectivity index (χ2n) is 7.43. The molecule has 0 aliphatic rings. The van der Waals surface area contributed by atoms with Gasteiger partial charge in [0, 0.05) is 17.6 Å². The standard InChI is InChI=1S/C25H16F3N5O/c26-14-3-1-4-16(11-14)30-23-18(5-2-10-29-23)25(34)31-17-7-9-21-22(13-17)33-24(32-21)19-12-15(27)6-8-20(19)28/h1-13H,(H,29,30)(H,31,34)(H,32,33). The molecule has 0 fully saturated rings. The van der Waals surface area contributed by atoms with Gasteiger partial charge >= 0.3 is 0 Å². The molecule has 0 bridgehead atoms. The van der Waals surface area contributed by atoms with E-state index in [1.807, 2.05) is 0 Å². The third-order valence-corrected chi connectivity index (χ3v) is 5.06. The van der Waals surface area contributed by atoms with Crippen LogP contribution < -0.4 is 10.6 Å². The molecule has 2 heterocycles. The molecule has 0 atom stereocenters. The predicted molar refractivity (Wildman–Crippen MR) is 123 cm³/mol. The fourth-order valence-corrected chi connectivity index (χ4v) is 3.48. The molecule has 1 amide bonds. The van der Waals surface area contributed by atoms with Crippen LogP contribution in [0, 0.1) is 17.5 Å². The second kappa shape index (κ2) is 8.70. The summed E-state index contributed by atoms with van der Waals surface area (Å²) in [5, 5.41) is 5.73. The van der Waals surface area contributed by atoms with E-state index in [0.29, 0.717) is 22.4 Å². The third kappa shape index (κ3) is 4.31. The number of benzene rings is 3. The van der Waals surface area contributed by atoms with Crippen LogP contribution in [0.4, 0.5) is 30.4 Å². The van der Waals surface area contributed by atoms with E-state index >= 15 is 0 Å². The van der Waals surface area contributed by atoms with E-state index < -0.39 is 23.4 Å². The van der Waals surface area contributed by atoms with Gasteiger partial charge < -0.3 is 15.6 Å². The summed E-state index contributed by atoms with van der Waals surface area (Å²) in [6.45, 7) is 0. The minimum absolute atomic E-state index is 0.00482. The molecule has 0 aliphatic carbocycles. The number of anilines is 3. The zero-order valence-electron chi connectivity index (χ0n) is 17.4. The summed E-state index contributed by atoms with van der Waals surface area (Å²) in [5.41, 5.74) is 2.20. The van der Waals surface area contributed by atoms with Crippen LogP contribution in [0.3, 0.4) is 0 Å². The van der Waals surface area contributed by atoms with E-state index in [9.17, 15) is 18.0 Å². The molecule has 0 spiro atoms. The van der Waals surface area contributed by atoms with Crippen molar-refractivity contribution in [3.63, 3.8) is 0 Å². The van der Waals surface area contributed by atoms with Gasteiger partial charge in [-0.05, 0) is 66.7 Å². The molecule has 0 unspecified atom stereocenters. The van der Waals surface area contributed by atoms with E-state index in [1.165, 1.54) is 18.3 Å². The quantitative estimate of drug-likeness (QED) is 0.299. The van der Waals surface area contributed by atoms with Gasteiger partial charge in [-0.25, -0.2) is 23.1 Å². The Hall–Kier alpha value is -4.66. The number of aromatic nitrogens is 3. The Bertz CT molecular complexity index is 1530. The smallest absolute Gasteiger partial charge is 0.259 e. The lowest BCUT2D eigenvalue weighted by molar-refractivity contribution is 0.102. The molecular weight excluding hydrogens is 443 g/mol. The van der Waals surface area contributed by atoms with Crippen molar-refractivity contribution in [3.05, 3.63) is 102 Å². The van der Waals surface area contributed by atoms with E-state index in [4.69, 9.17) is 0 Å². The average molecular weight is 459 g/mol. The number of rotatable bonds is 5. The summed E-state index contributed by atoms with van der Waals surface area (Å²) in [7, 11) is 0. The first-order chi connectivity index (χ1) is 16.5. The maximum Gasteiger partial charge on any atom is 0.259 e. The van der Waals surface area contributed by atoms with Crippen LogP contribution in [0.2, 0.25) is 0 Å². The molecule has 6 nitrogen and oxygen atoms in total. The molecule has 2 aromatic heterocycles. The molecule has 0 saturated heterocycles. The number of hydrogen-bond acceptors (Lipinski definition) is 4. The highest BCUT2D eigenvalue weighted by molar-refractivity contribution is 6.08. The van der Waals surface area contributed by atoms with Crippen molar-refractivity contribution in [1.29, 1.82) is 0 Å². The molecule has 3 N–H and O–H groups in total. The fourth-order valence-electron chi connectivity index (χ4n) is 3.48. The SMILES string of the molecule is O=C(Nc1ccc2nc(-c3cc(F)ccc3F)[nH]c2c1)c1cccnc1Nc1cccc(F)c1. The number of amides is 1. The van der Waals surface area contributed by atoms with Gasteiger partial charge in [0.05, 0.1) is 22.2 Å². The number of H-pyrrole nitrogens is 1. The summed E-state index contributed by atoms with van der Waals surface area (Å²) >= 11 is 0. The zero-order valence-corrected chi connectivity index (χ0v) is 17.4. The van der Waals surface area contributed by atoms with Crippen LogP contribution in [0.15, 0.2) is 79.0 Å². The number of imidazole rings is 1. The van der Waals surface area contributed by atoms with E-state index in [2.05, 4.69) is 25.6 Å². The van der Waals surface area contributed by atoms with Crippen LogP contribution in [-0.4, -0.2) is 20.9 Å². The van der Waals surface area contributed by atoms with Crippen molar-refractivity contribution in [3.8, 4) is 11.4 Å². The summed E-state index contributed by atoms with van der Waals surface area (Å²) < 4.78 is 41.2. The molecule has 9 heteroatoms. The second-order valence-corrected chi connectivity index (χ2v) is 7.43. The van der Waals surface area contributed by atoms with E-state index in [0.717, 1.165) is 18.2 Å². The minimum atomic E-state index is -0.608. The highest BCUT2D eigenvalue weighted by Gasteiger charge is 2.15. The maximum atomic E-state index is 14.1. The largest absolute Gasteiger partial charge is 0.339 e. The normalized spacial score (nSPS) is 10.9. The average Bonchev–Trinajstić information content (AvgIpc) is 3.24. The topological polar surface area (TPSA) is 82.7 Å². The predicted octanol–water partition coefficient (Wildman–Crippen LogP) is 6.04. The Morgan fingerprint density at radius 1 is 0.853 bits per heavy atom. The fraction of sp³-hybridized carbons (Fsp3) is 0. The monoisotopic (exact) mass is 459 g/mol. The van der Waals surface area contributed by atoms with Crippen LogP contribution >= 0.6 is 0 Å². The molecule has 0 saturated carbocycles. The highest BCUT2D eigenvalue weighted by atomic mass is 19.1. The van der Waals surface area contributed by atoms with E-state index in [1.54, 1.807) is 42.5 Å². The first-order valence-electron chi connectivity index (χ1n) is 10.2. The van der Waals surface area contributed by atoms with Gasteiger partial charge in [0.2, 0.25) is 0 Å². The van der Waals surface area contributed by atoms with Gasteiger partial charge in [-0.3, -0.25) is 4.79 Å². The molecule has 3 aromatic carbocycles. The molecule has 0 aliphatic heterocycles. The van der Waals surface area contributed by atoms with E-state index in [-0.39, 0.29) is 22.8 Å². The van der Waals surface area contributed by atoms with Crippen LogP contribution in [0.25, 0.3) is 22.4 Å². The number of nitrogens with zero attached hydrogens (tertiary/aromatic N) is 2. The molecule has 5 rings (SSSR count). The van der Waals surface area contributed by atoms with Gasteiger partial charge in [-0.1, -0.05) is 6.07 Å². The maximum absolute atomic E-state index is 14.1. The number of hydrogen-bond donors (Lipinski definition) is 3. The van der Waals surface area contributed by atoms with Crippen molar-refractivity contribution in [1.82, 2.24) is 15.0 Å². The Morgan fingerprint density at radius 3 is 2.56 bits per heavy atom. The third-order valence-electron chi connectivity index (χ3n) is 5.06. The number of halogens is 3. The van der Waals surface area contributed by atoms with Crippen molar-refractivity contribution >= 4 is 34.1 Å². The summed E-state index contributed by atoms with van der Waals surface area (Å²) in [4.78, 5) is 24.4. The number of fused-ring (bicyclic) bond motifs is 1. The summed E-state index contributed by atoms with van der Waals surface area (Å²) in [5.74, 6) is -1.62. The Morgan fingerprint density at radius 2 is 1.71 bits per heavy atom. The van der Waals surface area contributed by atoms with Crippen LogP contribution in [-0.2, 0) is 0 Å². The Kier molecular flexibility index (Phi) is 5.43. The lowest BCUT2D eigenvalue weighted by atomic mass is 10.2. The van der Waals surface area contributed by atoms with Gasteiger partial charge in [-0.2, -0.15) is 0 Å². The number of carbonyl (C=O) groups excluding carboxylic acids is 1. The first-order valence-corrected chi connectivity index (χ1v) is 10.2.